The van der Waals surface area contributed by atoms with Gasteiger partial charge < -0.3 is 20.1 Å². The zero-order valence-electron chi connectivity index (χ0n) is 17.7. The lowest BCUT2D eigenvalue weighted by Gasteiger charge is -2.18. The minimum Gasteiger partial charge on any atom is -0.486 e. The Morgan fingerprint density at radius 2 is 1.79 bits per heavy atom. The first kappa shape index (κ1) is 21.0. The molecule has 0 bridgehead atoms. The number of aromatic nitrogens is 2. The van der Waals surface area contributed by atoms with Crippen molar-refractivity contribution in [2.45, 2.75) is 6.42 Å². The quantitative estimate of drug-likeness (QED) is 0.431. The van der Waals surface area contributed by atoms with Crippen LogP contribution in [0.4, 0.5) is 11.5 Å². The third kappa shape index (κ3) is 4.83. The lowest BCUT2D eigenvalue weighted by Crippen LogP contribution is -2.26. The van der Waals surface area contributed by atoms with Gasteiger partial charge in [-0.1, -0.05) is 23.7 Å². The first-order valence-corrected chi connectivity index (χ1v) is 11.0. The number of rotatable bonds is 6. The van der Waals surface area contributed by atoms with E-state index in [1.54, 1.807) is 24.5 Å². The van der Waals surface area contributed by atoms with Gasteiger partial charge in [-0.2, -0.15) is 0 Å². The highest BCUT2D eigenvalue weighted by molar-refractivity contribution is 6.31. The number of hydrogen-bond donors (Lipinski definition) is 2. The van der Waals surface area contributed by atoms with E-state index in [9.17, 15) is 4.79 Å². The average molecular weight is 461 g/mol. The summed E-state index contributed by atoms with van der Waals surface area (Å²) in [5.41, 5.74) is 2.09. The molecule has 4 aromatic rings. The number of halogens is 1. The van der Waals surface area contributed by atoms with Crippen LogP contribution < -0.4 is 20.1 Å². The fourth-order valence-electron chi connectivity index (χ4n) is 3.66. The van der Waals surface area contributed by atoms with Gasteiger partial charge in [0.2, 0.25) is 0 Å². The highest BCUT2D eigenvalue weighted by atomic mass is 35.5. The molecule has 0 unspecified atom stereocenters. The van der Waals surface area contributed by atoms with Gasteiger partial charge in [-0.25, -0.2) is 4.98 Å². The molecule has 33 heavy (non-hydrogen) atoms. The number of amides is 1. The van der Waals surface area contributed by atoms with E-state index in [4.69, 9.17) is 21.1 Å². The SMILES string of the molecule is O=C(NCCc1ccc2c(c1)OCCO2)c1cc(Nc2nccc3ccc(Cl)cc23)ccn1. The van der Waals surface area contributed by atoms with E-state index < -0.39 is 0 Å². The lowest BCUT2D eigenvalue weighted by atomic mass is 10.1. The first-order chi connectivity index (χ1) is 16.2. The maximum Gasteiger partial charge on any atom is 0.269 e. The van der Waals surface area contributed by atoms with Crippen LogP contribution in [0.2, 0.25) is 5.02 Å². The van der Waals surface area contributed by atoms with Gasteiger partial charge in [0, 0.05) is 35.0 Å². The van der Waals surface area contributed by atoms with Crippen molar-refractivity contribution in [2.75, 3.05) is 25.1 Å². The lowest BCUT2D eigenvalue weighted by molar-refractivity contribution is 0.0949. The molecule has 2 aromatic carbocycles. The molecule has 1 amide bonds. The zero-order valence-corrected chi connectivity index (χ0v) is 18.4. The van der Waals surface area contributed by atoms with E-state index in [1.165, 1.54) is 0 Å². The number of carbonyl (C=O) groups is 1. The van der Waals surface area contributed by atoms with Crippen LogP contribution in [0.15, 0.2) is 67.0 Å². The molecule has 2 aromatic heterocycles. The fraction of sp³-hybridized carbons (Fsp3) is 0.160. The number of pyridine rings is 2. The Morgan fingerprint density at radius 3 is 2.70 bits per heavy atom. The van der Waals surface area contributed by atoms with E-state index in [0.29, 0.717) is 48.4 Å². The predicted octanol–water partition coefficient (Wildman–Crippen LogP) is 4.77. The van der Waals surface area contributed by atoms with Crippen molar-refractivity contribution in [3.05, 3.63) is 83.3 Å². The minimum atomic E-state index is -0.245. The minimum absolute atomic E-state index is 0.245. The van der Waals surface area contributed by atoms with Crippen molar-refractivity contribution < 1.29 is 14.3 Å². The summed E-state index contributed by atoms with van der Waals surface area (Å²) in [7, 11) is 0. The van der Waals surface area contributed by atoms with E-state index in [-0.39, 0.29) is 5.91 Å². The molecular formula is C25H21ClN4O3. The summed E-state index contributed by atoms with van der Waals surface area (Å²) in [4.78, 5) is 21.3. The molecule has 0 saturated heterocycles. The molecule has 1 aliphatic rings. The molecule has 0 spiro atoms. The van der Waals surface area contributed by atoms with Crippen LogP contribution >= 0.6 is 11.6 Å². The van der Waals surface area contributed by atoms with Gasteiger partial charge in [0.25, 0.3) is 5.91 Å². The Balaban J connectivity index is 1.24. The van der Waals surface area contributed by atoms with Gasteiger partial charge in [0.15, 0.2) is 11.5 Å². The van der Waals surface area contributed by atoms with E-state index in [0.717, 1.165) is 27.8 Å². The second-order valence-corrected chi connectivity index (χ2v) is 8.00. The molecule has 0 radical (unpaired) electrons. The maximum atomic E-state index is 12.7. The fourth-order valence-corrected chi connectivity index (χ4v) is 3.84. The van der Waals surface area contributed by atoms with Crippen molar-refractivity contribution in [1.29, 1.82) is 0 Å². The molecule has 5 rings (SSSR count). The van der Waals surface area contributed by atoms with Crippen molar-refractivity contribution in [3.8, 4) is 11.5 Å². The van der Waals surface area contributed by atoms with Crippen LogP contribution in [0.3, 0.4) is 0 Å². The molecule has 0 fully saturated rings. The third-order valence-corrected chi connectivity index (χ3v) is 5.52. The molecular weight excluding hydrogens is 440 g/mol. The number of hydrogen-bond acceptors (Lipinski definition) is 6. The van der Waals surface area contributed by atoms with Gasteiger partial charge in [-0.15, -0.1) is 0 Å². The van der Waals surface area contributed by atoms with E-state index in [1.807, 2.05) is 42.5 Å². The summed E-state index contributed by atoms with van der Waals surface area (Å²) in [6, 6.07) is 16.9. The van der Waals surface area contributed by atoms with Crippen molar-refractivity contribution in [3.63, 3.8) is 0 Å². The molecule has 1 aliphatic heterocycles. The van der Waals surface area contributed by atoms with Crippen LogP contribution in [-0.4, -0.2) is 35.6 Å². The predicted molar refractivity (Wildman–Crippen MR) is 128 cm³/mol. The summed E-state index contributed by atoms with van der Waals surface area (Å²) in [6.07, 6.45) is 3.99. The molecule has 0 atom stereocenters. The first-order valence-electron chi connectivity index (χ1n) is 10.6. The summed E-state index contributed by atoms with van der Waals surface area (Å²) in [6.45, 7) is 1.58. The van der Waals surface area contributed by atoms with Gasteiger partial charge in [0.05, 0.1) is 0 Å². The second-order valence-electron chi connectivity index (χ2n) is 7.56. The number of ether oxygens (including phenoxy) is 2. The Bertz CT molecular complexity index is 1330. The van der Waals surface area contributed by atoms with E-state index >= 15 is 0 Å². The third-order valence-electron chi connectivity index (χ3n) is 5.29. The van der Waals surface area contributed by atoms with Gasteiger partial charge in [0.1, 0.15) is 24.7 Å². The summed E-state index contributed by atoms with van der Waals surface area (Å²) in [5, 5.41) is 8.73. The van der Waals surface area contributed by atoms with Crippen LogP contribution in [0.5, 0.6) is 11.5 Å². The molecule has 3 heterocycles. The summed E-state index contributed by atoms with van der Waals surface area (Å²) in [5.74, 6) is 1.91. The average Bonchev–Trinajstić information content (AvgIpc) is 2.84. The maximum absolute atomic E-state index is 12.7. The number of benzene rings is 2. The Labute approximate surface area is 195 Å². The molecule has 0 saturated carbocycles. The summed E-state index contributed by atoms with van der Waals surface area (Å²) >= 11 is 6.16. The zero-order chi connectivity index (χ0) is 22.6. The van der Waals surface area contributed by atoms with Crippen molar-refractivity contribution in [2.24, 2.45) is 0 Å². The topological polar surface area (TPSA) is 85.4 Å². The van der Waals surface area contributed by atoms with Crippen LogP contribution in [0, 0.1) is 0 Å². The molecule has 0 aliphatic carbocycles. The molecule has 2 N–H and O–H groups in total. The second kappa shape index (κ2) is 9.34. The van der Waals surface area contributed by atoms with Crippen molar-refractivity contribution >= 4 is 39.8 Å². The monoisotopic (exact) mass is 460 g/mol. The Kier molecular flexibility index (Phi) is 5.95. The summed E-state index contributed by atoms with van der Waals surface area (Å²) < 4.78 is 11.2. The largest absolute Gasteiger partial charge is 0.486 e. The highest BCUT2D eigenvalue weighted by Gasteiger charge is 2.13. The number of fused-ring (bicyclic) bond motifs is 2. The van der Waals surface area contributed by atoms with Gasteiger partial charge >= 0.3 is 0 Å². The van der Waals surface area contributed by atoms with Gasteiger partial charge in [-0.3, -0.25) is 9.78 Å². The highest BCUT2D eigenvalue weighted by Crippen LogP contribution is 2.31. The number of carbonyl (C=O) groups excluding carboxylic acids is 1. The van der Waals surface area contributed by atoms with E-state index in [2.05, 4.69) is 20.6 Å². The Morgan fingerprint density at radius 1 is 0.939 bits per heavy atom. The number of nitrogens with one attached hydrogen (secondary N) is 2. The van der Waals surface area contributed by atoms with Gasteiger partial charge in [-0.05, 0) is 59.8 Å². The van der Waals surface area contributed by atoms with Crippen LogP contribution in [0.25, 0.3) is 10.8 Å². The van der Waals surface area contributed by atoms with Crippen molar-refractivity contribution in [1.82, 2.24) is 15.3 Å². The van der Waals surface area contributed by atoms with Crippen LogP contribution in [-0.2, 0) is 6.42 Å². The normalized spacial score (nSPS) is 12.4. The Hall–Kier alpha value is -3.84. The number of nitrogens with zero attached hydrogens (tertiary/aromatic N) is 2. The standard InChI is InChI=1S/C25H21ClN4O3/c26-18-3-2-17-6-9-28-24(20(17)14-18)30-19-7-10-27-21(15-19)25(31)29-8-5-16-1-4-22-23(13-16)33-12-11-32-22/h1-4,6-7,9-10,13-15H,5,8,11-12H2,(H,29,31)(H,27,28,30). The van der Waals surface area contributed by atoms with Crippen LogP contribution in [0.1, 0.15) is 16.1 Å². The smallest absolute Gasteiger partial charge is 0.269 e. The molecule has 7 nitrogen and oxygen atoms in total. The molecule has 8 heteroatoms. The molecule has 166 valence electrons. The number of anilines is 2.